The molecule has 1 nitrogen and oxygen atoms in total. The molecule has 0 radical (unpaired) electrons. The van der Waals surface area contributed by atoms with E-state index in [4.69, 9.17) is 0 Å². The minimum Gasteiger partial charge on any atom is -0.310 e. The summed E-state index contributed by atoms with van der Waals surface area (Å²) in [7, 11) is 0. The number of thioether (sulfide) groups is 1. The number of halogens is 2. The normalized spacial score (nSPS) is 11.3. The van der Waals surface area contributed by atoms with E-state index < -0.39 is 5.76 Å². The molecule has 2 aromatic carbocycles. The Balaban J connectivity index is 2.21. The minimum absolute atomic E-state index is 0.419. The topological polar surface area (TPSA) is 12.0 Å². The van der Waals surface area contributed by atoms with E-state index in [1.165, 1.54) is 5.56 Å². The van der Waals surface area contributed by atoms with Crippen LogP contribution in [0.5, 0.6) is 0 Å². The summed E-state index contributed by atoms with van der Waals surface area (Å²) in [5, 5.41) is 3.41. The van der Waals surface area contributed by atoms with Gasteiger partial charge in [-0.25, -0.2) is 0 Å². The first-order chi connectivity index (χ1) is 10.1. The standard InChI is InChI=1S/C17H19F2NS/c1-12(2)20-11-14-5-3-4-6-16(14)13-7-9-15(10-8-13)21-17(18)19/h3-10,12,17,20H,11H2,1-2H3. The molecular weight excluding hydrogens is 288 g/mol. The van der Waals surface area contributed by atoms with Crippen molar-refractivity contribution in [2.45, 2.75) is 37.1 Å². The third-order valence-corrected chi connectivity index (χ3v) is 3.83. The summed E-state index contributed by atoms with van der Waals surface area (Å²) in [6.07, 6.45) is 0. The molecule has 0 heterocycles. The van der Waals surface area contributed by atoms with E-state index in [-0.39, 0.29) is 0 Å². The fraction of sp³-hybridized carbons (Fsp3) is 0.294. The van der Waals surface area contributed by atoms with Crippen molar-refractivity contribution in [2.75, 3.05) is 0 Å². The van der Waals surface area contributed by atoms with Crippen molar-refractivity contribution in [1.29, 1.82) is 0 Å². The molecule has 2 rings (SSSR count). The predicted molar refractivity (Wildman–Crippen MR) is 85.7 cm³/mol. The van der Waals surface area contributed by atoms with E-state index in [1.54, 1.807) is 12.1 Å². The maximum Gasteiger partial charge on any atom is 0.288 e. The van der Waals surface area contributed by atoms with Crippen molar-refractivity contribution < 1.29 is 8.78 Å². The summed E-state index contributed by atoms with van der Waals surface area (Å²) in [6, 6.07) is 15.9. The largest absolute Gasteiger partial charge is 0.310 e. The van der Waals surface area contributed by atoms with Gasteiger partial charge >= 0.3 is 0 Å². The van der Waals surface area contributed by atoms with Gasteiger partial charge in [0.05, 0.1) is 0 Å². The average molecular weight is 307 g/mol. The number of benzene rings is 2. The predicted octanol–water partition coefficient (Wildman–Crippen LogP) is 5.17. The second kappa shape index (κ2) is 7.57. The van der Waals surface area contributed by atoms with Crippen LogP contribution in [0.3, 0.4) is 0 Å². The van der Waals surface area contributed by atoms with Gasteiger partial charge in [-0.2, -0.15) is 8.78 Å². The summed E-state index contributed by atoms with van der Waals surface area (Å²) in [5.41, 5.74) is 3.40. The maximum atomic E-state index is 12.3. The van der Waals surface area contributed by atoms with Crippen molar-refractivity contribution in [3.8, 4) is 11.1 Å². The molecular formula is C17H19F2NS. The van der Waals surface area contributed by atoms with Gasteiger partial charge in [0, 0.05) is 17.5 Å². The Morgan fingerprint density at radius 3 is 2.29 bits per heavy atom. The lowest BCUT2D eigenvalue weighted by Crippen LogP contribution is -2.22. The molecule has 0 amide bonds. The molecule has 0 atom stereocenters. The summed E-state index contributed by atoms with van der Waals surface area (Å²) >= 11 is 0.575. The number of alkyl halides is 2. The smallest absolute Gasteiger partial charge is 0.288 e. The van der Waals surface area contributed by atoms with E-state index in [0.717, 1.165) is 17.7 Å². The van der Waals surface area contributed by atoms with Gasteiger partial charge in [-0.15, -0.1) is 0 Å². The Labute approximate surface area is 128 Å². The summed E-state index contributed by atoms with van der Waals surface area (Å²) in [6.45, 7) is 5.01. The lowest BCUT2D eigenvalue weighted by Gasteiger charge is -2.13. The van der Waals surface area contributed by atoms with Gasteiger partial charge < -0.3 is 5.32 Å². The summed E-state index contributed by atoms with van der Waals surface area (Å²) in [4.78, 5) is 0.589. The Morgan fingerprint density at radius 2 is 1.67 bits per heavy atom. The second-order valence-corrected chi connectivity index (χ2v) is 6.16. The summed E-state index contributed by atoms with van der Waals surface area (Å²) < 4.78 is 24.7. The van der Waals surface area contributed by atoms with E-state index in [9.17, 15) is 8.78 Å². The van der Waals surface area contributed by atoms with Gasteiger partial charge in [0.2, 0.25) is 0 Å². The van der Waals surface area contributed by atoms with Crippen LogP contribution in [0.4, 0.5) is 8.78 Å². The van der Waals surface area contributed by atoms with Crippen molar-refractivity contribution in [3.63, 3.8) is 0 Å². The number of rotatable bonds is 6. The highest BCUT2D eigenvalue weighted by Gasteiger charge is 2.08. The molecule has 112 valence electrons. The molecule has 1 N–H and O–H groups in total. The van der Waals surface area contributed by atoms with Crippen molar-refractivity contribution in [2.24, 2.45) is 0 Å². The van der Waals surface area contributed by atoms with Gasteiger partial charge in [0.25, 0.3) is 5.76 Å². The Bertz CT molecular complexity index is 567. The monoisotopic (exact) mass is 307 g/mol. The van der Waals surface area contributed by atoms with Crippen LogP contribution in [0.1, 0.15) is 19.4 Å². The fourth-order valence-corrected chi connectivity index (χ4v) is 2.59. The molecule has 0 aliphatic heterocycles. The Morgan fingerprint density at radius 1 is 1.00 bits per heavy atom. The summed E-state index contributed by atoms with van der Waals surface area (Å²) in [5.74, 6) is -2.38. The van der Waals surface area contributed by atoms with Crippen molar-refractivity contribution >= 4 is 11.8 Å². The zero-order valence-corrected chi connectivity index (χ0v) is 13.0. The van der Waals surface area contributed by atoms with Crippen molar-refractivity contribution in [1.82, 2.24) is 5.32 Å². The SMILES string of the molecule is CC(C)NCc1ccccc1-c1ccc(SC(F)F)cc1. The first-order valence-electron chi connectivity index (χ1n) is 6.93. The van der Waals surface area contributed by atoms with Gasteiger partial charge in [-0.1, -0.05) is 62.0 Å². The molecule has 21 heavy (non-hydrogen) atoms. The first-order valence-corrected chi connectivity index (χ1v) is 7.81. The second-order valence-electron chi connectivity index (χ2n) is 5.10. The minimum atomic E-state index is -2.38. The highest BCUT2D eigenvalue weighted by molar-refractivity contribution is 7.99. The molecule has 0 bridgehead atoms. The Kier molecular flexibility index (Phi) is 5.76. The van der Waals surface area contributed by atoms with E-state index >= 15 is 0 Å². The third-order valence-electron chi connectivity index (χ3n) is 3.11. The molecule has 0 spiro atoms. The molecule has 0 fully saturated rings. The lowest BCUT2D eigenvalue weighted by molar-refractivity contribution is 0.252. The van der Waals surface area contributed by atoms with Crippen LogP contribution in [0.15, 0.2) is 53.4 Å². The van der Waals surface area contributed by atoms with Crippen LogP contribution >= 0.6 is 11.8 Å². The van der Waals surface area contributed by atoms with E-state index in [0.29, 0.717) is 22.7 Å². The quantitative estimate of drug-likeness (QED) is 0.739. The van der Waals surface area contributed by atoms with Gasteiger partial charge in [0.1, 0.15) is 0 Å². The highest BCUT2D eigenvalue weighted by Crippen LogP contribution is 2.29. The molecule has 0 saturated heterocycles. The molecule has 4 heteroatoms. The van der Waals surface area contributed by atoms with Crippen LogP contribution in [0.2, 0.25) is 0 Å². The first kappa shape index (κ1) is 16.0. The molecule has 0 unspecified atom stereocenters. The van der Waals surface area contributed by atoms with Crippen LogP contribution < -0.4 is 5.32 Å². The van der Waals surface area contributed by atoms with Crippen LogP contribution in [-0.2, 0) is 6.54 Å². The molecule has 0 saturated carbocycles. The number of hydrogen-bond donors (Lipinski definition) is 1. The molecule has 0 aliphatic rings. The zero-order valence-electron chi connectivity index (χ0n) is 12.1. The Hall–Kier alpha value is -1.39. The van der Waals surface area contributed by atoms with Crippen LogP contribution in [0.25, 0.3) is 11.1 Å². The molecule has 0 aromatic heterocycles. The average Bonchev–Trinajstić information content (AvgIpc) is 2.46. The lowest BCUT2D eigenvalue weighted by atomic mass is 9.99. The maximum absolute atomic E-state index is 12.3. The van der Waals surface area contributed by atoms with E-state index in [1.807, 2.05) is 24.3 Å². The zero-order chi connectivity index (χ0) is 15.2. The fourth-order valence-electron chi connectivity index (χ4n) is 2.09. The van der Waals surface area contributed by atoms with Crippen LogP contribution in [-0.4, -0.2) is 11.8 Å². The molecule has 2 aromatic rings. The van der Waals surface area contributed by atoms with Crippen molar-refractivity contribution in [3.05, 3.63) is 54.1 Å². The number of nitrogens with one attached hydrogen (secondary N) is 1. The van der Waals surface area contributed by atoms with Crippen LogP contribution in [0, 0.1) is 0 Å². The van der Waals surface area contributed by atoms with Gasteiger partial charge in [0.15, 0.2) is 0 Å². The van der Waals surface area contributed by atoms with Gasteiger partial charge in [-0.05, 0) is 28.8 Å². The van der Waals surface area contributed by atoms with E-state index in [2.05, 4.69) is 31.3 Å². The molecule has 0 aliphatic carbocycles. The third kappa shape index (κ3) is 4.83. The number of hydrogen-bond acceptors (Lipinski definition) is 2. The highest BCUT2D eigenvalue weighted by atomic mass is 32.2. The van der Waals surface area contributed by atoms with Gasteiger partial charge in [-0.3, -0.25) is 0 Å².